The van der Waals surface area contributed by atoms with Crippen molar-refractivity contribution in [1.29, 1.82) is 0 Å². The minimum Gasteiger partial charge on any atom is -0.352 e. The maximum Gasteiger partial charge on any atom is 0.221 e. The van der Waals surface area contributed by atoms with E-state index in [1.807, 2.05) is 6.92 Å². The molecule has 0 radical (unpaired) electrons. The van der Waals surface area contributed by atoms with Crippen molar-refractivity contribution in [2.45, 2.75) is 51.1 Å². The molecule has 1 aliphatic heterocycles. The van der Waals surface area contributed by atoms with Gasteiger partial charge in [-0.15, -0.1) is 12.3 Å². The largest absolute Gasteiger partial charge is 0.352 e. The molecule has 1 amide bonds. The second-order valence-electron chi connectivity index (χ2n) is 4.08. The highest BCUT2D eigenvalue weighted by atomic mass is 16.1. The Kier molecular flexibility index (Phi) is 5.20. The maximum absolute atomic E-state index is 11.6. The lowest BCUT2D eigenvalue weighted by atomic mass is 10.1. The van der Waals surface area contributed by atoms with Crippen LogP contribution >= 0.6 is 0 Å². The zero-order valence-electron chi connectivity index (χ0n) is 9.38. The van der Waals surface area contributed by atoms with E-state index in [1.54, 1.807) is 0 Å². The van der Waals surface area contributed by atoms with E-state index in [2.05, 4.69) is 16.6 Å². The molecule has 2 N–H and O–H groups in total. The molecule has 15 heavy (non-hydrogen) atoms. The van der Waals surface area contributed by atoms with Crippen LogP contribution in [0.1, 0.15) is 39.0 Å². The fraction of sp³-hybridized carbons (Fsp3) is 0.750. The molecule has 0 saturated carbocycles. The molecule has 0 spiro atoms. The quantitative estimate of drug-likeness (QED) is 0.663. The molecule has 0 bridgehead atoms. The summed E-state index contributed by atoms with van der Waals surface area (Å²) in [6, 6.07) is 0.511. The van der Waals surface area contributed by atoms with Crippen molar-refractivity contribution in [3.05, 3.63) is 0 Å². The predicted molar refractivity (Wildman–Crippen MR) is 61.3 cm³/mol. The first kappa shape index (κ1) is 12.1. The molecule has 84 valence electrons. The minimum atomic E-state index is 0.122. The Morgan fingerprint density at radius 1 is 1.73 bits per heavy atom. The normalized spacial score (nSPS) is 22.0. The van der Waals surface area contributed by atoms with E-state index >= 15 is 0 Å². The highest BCUT2D eigenvalue weighted by Crippen LogP contribution is 2.08. The number of nitrogens with one attached hydrogen (secondary N) is 2. The zero-order valence-corrected chi connectivity index (χ0v) is 9.38. The predicted octanol–water partition coefficient (Wildman–Crippen LogP) is 1.05. The molecular formula is C12H20N2O. The van der Waals surface area contributed by atoms with Crippen LogP contribution in [-0.2, 0) is 4.79 Å². The molecule has 1 saturated heterocycles. The SMILES string of the molecule is C#CCC(CC)NC(=O)CC1CCCN1. The van der Waals surface area contributed by atoms with Gasteiger partial charge in [-0.1, -0.05) is 6.92 Å². The summed E-state index contributed by atoms with van der Waals surface area (Å²) in [5.74, 6) is 2.71. The van der Waals surface area contributed by atoms with Crippen LogP contribution in [0.2, 0.25) is 0 Å². The Morgan fingerprint density at radius 2 is 2.53 bits per heavy atom. The lowest BCUT2D eigenvalue weighted by Gasteiger charge is -2.16. The van der Waals surface area contributed by atoms with Crippen LogP contribution in [0.15, 0.2) is 0 Å². The summed E-state index contributed by atoms with van der Waals surface area (Å²) in [6.07, 6.45) is 9.63. The van der Waals surface area contributed by atoms with E-state index in [-0.39, 0.29) is 11.9 Å². The number of rotatable bonds is 5. The summed E-state index contributed by atoms with van der Waals surface area (Å²) in [7, 11) is 0. The van der Waals surface area contributed by atoms with E-state index in [0.717, 1.165) is 19.4 Å². The van der Waals surface area contributed by atoms with Gasteiger partial charge in [-0.25, -0.2) is 0 Å². The molecule has 1 fully saturated rings. The fourth-order valence-corrected chi connectivity index (χ4v) is 1.88. The highest BCUT2D eigenvalue weighted by Gasteiger charge is 2.18. The smallest absolute Gasteiger partial charge is 0.221 e. The Balaban J connectivity index is 2.24. The van der Waals surface area contributed by atoms with Gasteiger partial charge in [-0.3, -0.25) is 4.79 Å². The minimum absolute atomic E-state index is 0.122. The Bertz CT molecular complexity index is 238. The third kappa shape index (κ3) is 4.35. The lowest BCUT2D eigenvalue weighted by Crippen LogP contribution is -2.37. The molecule has 3 nitrogen and oxygen atoms in total. The van der Waals surface area contributed by atoms with Gasteiger partial charge in [0.05, 0.1) is 0 Å². The lowest BCUT2D eigenvalue weighted by molar-refractivity contribution is -0.122. The summed E-state index contributed by atoms with van der Waals surface area (Å²) >= 11 is 0. The molecule has 3 heteroatoms. The van der Waals surface area contributed by atoms with E-state index in [0.29, 0.717) is 18.9 Å². The monoisotopic (exact) mass is 208 g/mol. The second-order valence-corrected chi connectivity index (χ2v) is 4.08. The first-order chi connectivity index (χ1) is 7.26. The van der Waals surface area contributed by atoms with Gasteiger partial charge in [0.15, 0.2) is 0 Å². The van der Waals surface area contributed by atoms with Crippen molar-refractivity contribution in [3.63, 3.8) is 0 Å². The number of hydrogen-bond donors (Lipinski definition) is 2. The van der Waals surface area contributed by atoms with Crippen LogP contribution < -0.4 is 10.6 Å². The first-order valence-electron chi connectivity index (χ1n) is 5.72. The van der Waals surface area contributed by atoms with Gasteiger partial charge in [0.1, 0.15) is 0 Å². The Labute approximate surface area is 92.0 Å². The van der Waals surface area contributed by atoms with Gasteiger partial charge in [-0.05, 0) is 25.8 Å². The summed E-state index contributed by atoms with van der Waals surface area (Å²) < 4.78 is 0. The van der Waals surface area contributed by atoms with Gasteiger partial charge in [0.25, 0.3) is 0 Å². The standard InChI is InChI=1S/C12H20N2O/c1-3-6-10(4-2)14-12(15)9-11-7-5-8-13-11/h1,10-11,13H,4-9H2,2H3,(H,14,15). The number of amides is 1. The number of carbonyl (C=O) groups excluding carboxylic acids is 1. The van der Waals surface area contributed by atoms with Gasteiger partial charge in [0, 0.05) is 24.9 Å². The molecule has 1 rings (SSSR count). The number of carbonyl (C=O) groups is 1. The van der Waals surface area contributed by atoms with E-state index in [4.69, 9.17) is 6.42 Å². The number of terminal acetylenes is 1. The molecule has 0 aromatic heterocycles. The molecule has 0 aromatic rings. The van der Waals surface area contributed by atoms with E-state index in [9.17, 15) is 4.79 Å². The maximum atomic E-state index is 11.6. The highest BCUT2D eigenvalue weighted by molar-refractivity contribution is 5.77. The van der Waals surface area contributed by atoms with Crippen LogP contribution in [0.25, 0.3) is 0 Å². The average Bonchev–Trinajstić information content (AvgIpc) is 2.69. The topological polar surface area (TPSA) is 41.1 Å². The molecular weight excluding hydrogens is 188 g/mol. The number of hydrogen-bond acceptors (Lipinski definition) is 2. The van der Waals surface area contributed by atoms with Crippen LogP contribution in [0.3, 0.4) is 0 Å². The third-order valence-electron chi connectivity index (χ3n) is 2.82. The molecule has 0 aliphatic carbocycles. The Hall–Kier alpha value is -1.01. The van der Waals surface area contributed by atoms with Crippen molar-refractivity contribution < 1.29 is 4.79 Å². The first-order valence-corrected chi connectivity index (χ1v) is 5.72. The van der Waals surface area contributed by atoms with Gasteiger partial charge in [0.2, 0.25) is 5.91 Å². The van der Waals surface area contributed by atoms with Gasteiger partial charge in [-0.2, -0.15) is 0 Å². The summed E-state index contributed by atoms with van der Waals surface area (Å²) in [5.41, 5.74) is 0. The van der Waals surface area contributed by atoms with E-state index < -0.39 is 0 Å². The van der Waals surface area contributed by atoms with Crippen molar-refractivity contribution >= 4 is 5.91 Å². The molecule has 2 atom stereocenters. The summed E-state index contributed by atoms with van der Waals surface area (Å²) in [6.45, 7) is 3.08. The summed E-state index contributed by atoms with van der Waals surface area (Å²) in [4.78, 5) is 11.6. The van der Waals surface area contributed by atoms with Crippen LogP contribution in [-0.4, -0.2) is 24.5 Å². The van der Waals surface area contributed by atoms with Crippen LogP contribution in [0, 0.1) is 12.3 Å². The third-order valence-corrected chi connectivity index (χ3v) is 2.82. The van der Waals surface area contributed by atoms with Crippen molar-refractivity contribution in [3.8, 4) is 12.3 Å². The average molecular weight is 208 g/mol. The second kappa shape index (κ2) is 6.47. The van der Waals surface area contributed by atoms with Crippen molar-refractivity contribution in [2.75, 3.05) is 6.54 Å². The van der Waals surface area contributed by atoms with Crippen LogP contribution in [0.5, 0.6) is 0 Å². The van der Waals surface area contributed by atoms with Gasteiger partial charge >= 0.3 is 0 Å². The molecule has 1 heterocycles. The van der Waals surface area contributed by atoms with Crippen molar-refractivity contribution in [1.82, 2.24) is 10.6 Å². The zero-order chi connectivity index (χ0) is 11.1. The molecule has 2 unspecified atom stereocenters. The van der Waals surface area contributed by atoms with Crippen molar-refractivity contribution in [2.24, 2.45) is 0 Å². The van der Waals surface area contributed by atoms with E-state index in [1.165, 1.54) is 6.42 Å². The molecule has 1 aliphatic rings. The fourth-order valence-electron chi connectivity index (χ4n) is 1.88. The van der Waals surface area contributed by atoms with Gasteiger partial charge < -0.3 is 10.6 Å². The Morgan fingerprint density at radius 3 is 3.07 bits per heavy atom. The molecule has 0 aromatic carbocycles. The summed E-state index contributed by atoms with van der Waals surface area (Å²) in [5, 5.41) is 6.28. The van der Waals surface area contributed by atoms with Crippen LogP contribution in [0.4, 0.5) is 0 Å².